The summed E-state index contributed by atoms with van der Waals surface area (Å²) in [7, 11) is 1.31. The molecule has 2 N–H and O–H groups in total. The van der Waals surface area contributed by atoms with E-state index >= 15 is 0 Å². The molecule has 0 saturated heterocycles. The number of methoxy groups -OCH3 is 1. The van der Waals surface area contributed by atoms with E-state index in [0.717, 1.165) is 16.9 Å². The smallest absolute Gasteiger partial charge is 0.326 e. The molecule has 0 aliphatic rings. The first-order valence-electron chi connectivity index (χ1n) is 6.33. The Balaban J connectivity index is 2.88. The lowest BCUT2D eigenvalue weighted by molar-refractivity contribution is -0.142. The third-order valence-corrected chi connectivity index (χ3v) is 2.87. The molecule has 1 rings (SSSR count). The molecule has 0 saturated carbocycles. The van der Waals surface area contributed by atoms with E-state index < -0.39 is 12.0 Å². The van der Waals surface area contributed by atoms with Crippen LogP contribution in [-0.4, -0.2) is 25.7 Å². The predicted octanol–water partition coefficient (Wildman–Crippen LogP) is 2.17. The molecule has 1 aromatic carbocycles. The normalized spacial score (nSPS) is 12.9. The SMILES string of the molecule is COC(=O)C(N)COc1cc(C)ccc1C(C)(C)C. The van der Waals surface area contributed by atoms with Crippen molar-refractivity contribution in [1.29, 1.82) is 0 Å². The maximum atomic E-state index is 11.3. The van der Waals surface area contributed by atoms with Gasteiger partial charge in [0.1, 0.15) is 18.4 Å². The van der Waals surface area contributed by atoms with Crippen molar-refractivity contribution in [2.45, 2.75) is 39.2 Å². The first-order chi connectivity index (χ1) is 8.75. The van der Waals surface area contributed by atoms with E-state index in [1.165, 1.54) is 7.11 Å². The van der Waals surface area contributed by atoms with E-state index in [2.05, 4.69) is 25.5 Å². The summed E-state index contributed by atoms with van der Waals surface area (Å²) in [6.45, 7) is 8.46. The van der Waals surface area contributed by atoms with Crippen molar-refractivity contribution in [1.82, 2.24) is 0 Å². The Hall–Kier alpha value is -1.55. The summed E-state index contributed by atoms with van der Waals surface area (Å²) in [6, 6.07) is 5.30. The van der Waals surface area contributed by atoms with Crippen molar-refractivity contribution in [3.8, 4) is 5.75 Å². The third-order valence-electron chi connectivity index (χ3n) is 2.87. The van der Waals surface area contributed by atoms with Crippen LogP contribution in [0.25, 0.3) is 0 Å². The lowest BCUT2D eigenvalue weighted by Crippen LogP contribution is -2.37. The molecule has 0 amide bonds. The topological polar surface area (TPSA) is 61.5 Å². The summed E-state index contributed by atoms with van der Waals surface area (Å²) in [4.78, 5) is 11.3. The molecule has 0 aromatic heterocycles. The summed E-state index contributed by atoms with van der Waals surface area (Å²) in [5.74, 6) is 0.303. The van der Waals surface area contributed by atoms with Gasteiger partial charge in [-0.05, 0) is 29.5 Å². The Morgan fingerprint density at radius 1 is 1.37 bits per heavy atom. The number of aryl methyl sites for hydroxylation is 1. The van der Waals surface area contributed by atoms with Gasteiger partial charge in [0, 0.05) is 0 Å². The number of esters is 1. The van der Waals surface area contributed by atoms with Crippen LogP contribution in [0.5, 0.6) is 5.75 Å². The maximum Gasteiger partial charge on any atom is 0.326 e. The molecule has 1 aromatic rings. The molecular weight excluding hydrogens is 242 g/mol. The molecular formula is C15H23NO3. The third kappa shape index (κ3) is 4.24. The molecule has 4 nitrogen and oxygen atoms in total. The Kier molecular flexibility index (Phi) is 4.95. The molecule has 0 aliphatic heterocycles. The van der Waals surface area contributed by atoms with Crippen LogP contribution in [0.15, 0.2) is 18.2 Å². The Morgan fingerprint density at radius 2 is 2.00 bits per heavy atom. The van der Waals surface area contributed by atoms with Gasteiger partial charge in [0.2, 0.25) is 0 Å². The minimum atomic E-state index is -0.765. The summed E-state index contributed by atoms with van der Waals surface area (Å²) < 4.78 is 10.3. The molecule has 0 aliphatic carbocycles. The van der Waals surface area contributed by atoms with Gasteiger partial charge < -0.3 is 15.2 Å². The second-order valence-electron chi connectivity index (χ2n) is 5.69. The molecule has 0 heterocycles. The maximum absolute atomic E-state index is 11.3. The van der Waals surface area contributed by atoms with Gasteiger partial charge in [-0.2, -0.15) is 0 Å². The van der Waals surface area contributed by atoms with E-state index in [-0.39, 0.29) is 12.0 Å². The quantitative estimate of drug-likeness (QED) is 0.848. The predicted molar refractivity (Wildman–Crippen MR) is 75.4 cm³/mol. The molecule has 19 heavy (non-hydrogen) atoms. The molecule has 0 radical (unpaired) electrons. The lowest BCUT2D eigenvalue weighted by atomic mass is 9.86. The van der Waals surface area contributed by atoms with E-state index in [0.29, 0.717) is 0 Å². The van der Waals surface area contributed by atoms with Crippen LogP contribution in [0, 0.1) is 6.92 Å². The Morgan fingerprint density at radius 3 is 2.53 bits per heavy atom. The average Bonchev–Trinajstić information content (AvgIpc) is 2.33. The van der Waals surface area contributed by atoms with Gasteiger partial charge in [0.25, 0.3) is 0 Å². The van der Waals surface area contributed by atoms with Gasteiger partial charge in [-0.1, -0.05) is 32.9 Å². The van der Waals surface area contributed by atoms with Crippen molar-refractivity contribution in [2.24, 2.45) is 5.73 Å². The Labute approximate surface area is 114 Å². The average molecular weight is 265 g/mol. The lowest BCUT2D eigenvalue weighted by Gasteiger charge is -2.23. The number of hydrogen-bond acceptors (Lipinski definition) is 4. The zero-order valence-electron chi connectivity index (χ0n) is 12.3. The molecule has 1 unspecified atom stereocenters. The van der Waals surface area contributed by atoms with Crippen molar-refractivity contribution < 1.29 is 14.3 Å². The van der Waals surface area contributed by atoms with Crippen molar-refractivity contribution in [2.75, 3.05) is 13.7 Å². The highest BCUT2D eigenvalue weighted by Gasteiger charge is 2.21. The van der Waals surface area contributed by atoms with Crippen LogP contribution in [0.1, 0.15) is 31.9 Å². The van der Waals surface area contributed by atoms with Crippen molar-refractivity contribution >= 4 is 5.97 Å². The van der Waals surface area contributed by atoms with Gasteiger partial charge in [-0.3, -0.25) is 4.79 Å². The number of hydrogen-bond donors (Lipinski definition) is 1. The van der Waals surface area contributed by atoms with Crippen LogP contribution in [0.3, 0.4) is 0 Å². The summed E-state index contributed by atoms with van der Waals surface area (Å²) in [6.07, 6.45) is 0. The van der Waals surface area contributed by atoms with Crippen LogP contribution >= 0.6 is 0 Å². The standard InChI is InChI=1S/C15H23NO3/c1-10-6-7-11(15(2,3)4)13(8-10)19-9-12(16)14(17)18-5/h6-8,12H,9,16H2,1-5H3. The van der Waals surface area contributed by atoms with E-state index in [1.807, 2.05) is 25.1 Å². The highest BCUT2D eigenvalue weighted by molar-refractivity contribution is 5.75. The van der Waals surface area contributed by atoms with E-state index in [9.17, 15) is 4.79 Å². The monoisotopic (exact) mass is 265 g/mol. The molecule has 4 heteroatoms. The second-order valence-corrected chi connectivity index (χ2v) is 5.69. The first-order valence-corrected chi connectivity index (χ1v) is 6.33. The van der Waals surface area contributed by atoms with Gasteiger partial charge in [-0.25, -0.2) is 0 Å². The molecule has 0 fully saturated rings. The minimum absolute atomic E-state index is 0.0294. The molecule has 106 valence electrons. The summed E-state index contributed by atoms with van der Waals surface area (Å²) >= 11 is 0. The fraction of sp³-hybridized carbons (Fsp3) is 0.533. The Bertz CT molecular complexity index is 449. The number of rotatable bonds is 4. The molecule has 0 bridgehead atoms. The van der Waals surface area contributed by atoms with Crippen LogP contribution in [0.4, 0.5) is 0 Å². The highest BCUT2D eigenvalue weighted by atomic mass is 16.5. The summed E-state index contributed by atoms with van der Waals surface area (Å²) in [5.41, 5.74) is 7.84. The molecule has 0 spiro atoms. The first kappa shape index (κ1) is 15.5. The number of benzene rings is 1. The zero-order chi connectivity index (χ0) is 14.6. The zero-order valence-corrected chi connectivity index (χ0v) is 12.3. The van der Waals surface area contributed by atoms with Crippen LogP contribution in [-0.2, 0) is 14.9 Å². The van der Waals surface area contributed by atoms with Gasteiger partial charge in [-0.15, -0.1) is 0 Å². The second kappa shape index (κ2) is 6.06. The van der Waals surface area contributed by atoms with Crippen molar-refractivity contribution in [3.05, 3.63) is 29.3 Å². The van der Waals surface area contributed by atoms with Crippen molar-refractivity contribution in [3.63, 3.8) is 0 Å². The van der Waals surface area contributed by atoms with Gasteiger partial charge >= 0.3 is 5.97 Å². The van der Waals surface area contributed by atoms with E-state index in [4.69, 9.17) is 10.5 Å². The van der Waals surface area contributed by atoms with Crippen LogP contribution < -0.4 is 10.5 Å². The minimum Gasteiger partial charge on any atom is -0.491 e. The highest BCUT2D eigenvalue weighted by Crippen LogP contribution is 2.32. The van der Waals surface area contributed by atoms with E-state index in [1.54, 1.807) is 0 Å². The van der Waals surface area contributed by atoms with Gasteiger partial charge in [0.15, 0.2) is 0 Å². The van der Waals surface area contributed by atoms with Crippen LogP contribution in [0.2, 0.25) is 0 Å². The number of carbonyl (C=O) groups is 1. The summed E-state index contributed by atoms with van der Waals surface area (Å²) in [5, 5.41) is 0. The fourth-order valence-corrected chi connectivity index (χ4v) is 1.77. The van der Waals surface area contributed by atoms with Gasteiger partial charge in [0.05, 0.1) is 7.11 Å². The largest absolute Gasteiger partial charge is 0.491 e. The number of carbonyl (C=O) groups excluding carboxylic acids is 1. The number of ether oxygens (including phenoxy) is 2. The number of nitrogens with two attached hydrogens (primary N) is 1. The fourth-order valence-electron chi connectivity index (χ4n) is 1.77. The molecule has 1 atom stereocenters.